The maximum absolute atomic E-state index is 11.7. The molecule has 0 saturated heterocycles. The third kappa shape index (κ3) is 6.44. The predicted molar refractivity (Wildman–Crippen MR) is 76.4 cm³/mol. The highest BCUT2D eigenvalue weighted by Crippen LogP contribution is 2.27. The Bertz CT molecular complexity index is 224. The number of carbonyl (C=O) groups excluding carboxylic acids is 1. The maximum Gasteiger partial charge on any atom is 0.220 e. The zero-order valence-corrected chi connectivity index (χ0v) is 12.8. The van der Waals surface area contributed by atoms with Crippen LogP contribution in [0.4, 0.5) is 0 Å². The lowest BCUT2D eigenvalue weighted by atomic mass is 9.86. The van der Waals surface area contributed by atoms with Gasteiger partial charge in [0.05, 0.1) is 0 Å². The second kappa shape index (κ2) is 8.12. The molecule has 2 nitrogen and oxygen atoms in total. The van der Waals surface area contributed by atoms with E-state index in [2.05, 4.69) is 35.1 Å². The maximum atomic E-state index is 11.7. The van der Waals surface area contributed by atoms with Crippen molar-refractivity contribution in [1.82, 2.24) is 5.32 Å². The number of amides is 1. The van der Waals surface area contributed by atoms with E-state index in [-0.39, 0.29) is 5.91 Å². The first kappa shape index (κ1) is 15.0. The first-order valence-electron chi connectivity index (χ1n) is 7.00. The number of rotatable bonds is 6. The number of alkyl halides is 1. The second-order valence-corrected chi connectivity index (χ2v) is 6.78. The summed E-state index contributed by atoms with van der Waals surface area (Å²) in [5.41, 5.74) is 0. The number of halogens is 1. The smallest absolute Gasteiger partial charge is 0.220 e. The standard InChI is InChI=1S/C14H26BrNO/c1-11(2)13(15)10-16-14(17)9-8-12-6-4-3-5-7-12/h11-13H,3-10H2,1-2H3,(H,16,17). The summed E-state index contributed by atoms with van der Waals surface area (Å²) < 4.78 is 0. The van der Waals surface area contributed by atoms with Gasteiger partial charge in [-0.15, -0.1) is 0 Å². The number of nitrogens with one attached hydrogen (secondary N) is 1. The van der Waals surface area contributed by atoms with E-state index in [0.717, 1.165) is 18.9 Å². The lowest BCUT2D eigenvalue weighted by Crippen LogP contribution is -2.31. The van der Waals surface area contributed by atoms with Gasteiger partial charge in [0.25, 0.3) is 0 Å². The second-order valence-electron chi connectivity index (χ2n) is 5.61. The van der Waals surface area contributed by atoms with E-state index >= 15 is 0 Å². The van der Waals surface area contributed by atoms with Crippen molar-refractivity contribution in [3.63, 3.8) is 0 Å². The molecule has 1 aliphatic rings. The molecule has 3 heteroatoms. The first-order chi connectivity index (χ1) is 8.09. The van der Waals surface area contributed by atoms with Gasteiger partial charge in [-0.05, 0) is 18.3 Å². The zero-order chi connectivity index (χ0) is 12.7. The molecule has 1 atom stereocenters. The average Bonchev–Trinajstić information content (AvgIpc) is 2.34. The summed E-state index contributed by atoms with van der Waals surface area (Å²) in [4.78, 5) is 12.1. The number of hydrogen-bond donors (Lipinski definition) is 1. The predicted octanol–water partition coefficient (Wildman–Crippen LogP) is 3.88. The molecule has 100 valence electrons. The molecular formula is C14H26BrNO. The molecule has 1 fully saturated rings. The summed E-state index contributed by atoms with van der Waals surface area (Å²) in [5, 5.41) is 3.02. The van der Waals surface area contributed by atoms with Crippen LogP contribution >= 0.6 is 15.9 Å². The number of carbonyl (C=O) groups is 1. The van der Waals surface area contributed by atoms with Gasteiger partial charge in [0.2, 0.25) is 5.91 Å². The fourth-order valence-electron chi connectivity index (χ4n) is 2.35. The summed E-state index contributed by atoms with van der Waals surface area (Å²) in [5.74, 6) is 1.59. The summed E-state index contributed by atoms with van der Waals surface area (Å²) >= 11 is 3.58. The molecule has 17 heavy (non-hydrogen) atoms. The van der Waals surface area contributed by atoms with Crippen LogP contribution in [0.5, 0.6) is 0 Å². The Morgan fingerprint density at radius 3 is 2.53 bits per heavy atom. The lowest BCUT2D eigenvalue weighted by molar-refractivity contribution is -0.121. The molecule has 0 aromatic heterocycles. The van der Waals surface area contributed by atoms with E-state index < -0.39 is 0 Å². The topological polar surface area (TPSA) is 29.1 Å². The van der Waals surface area contributed by atoms with E-state index in [0.29, 0.717) is 17.2 Å². The van der Waals surface area contributed by atoms with Gasteiger partial charge in [0.15, 0.2) is 0 Å². The van der Waals surface area contributed by atoms with Gasteiger partial charge in [-0.2, -0.15) is 0 Å². The minimum atomic E-state index is 0.223. The largest absolute Gasteiger partial charge is 0.355 e. The van der Waals surface area contributed by atoms with Crippen LogP contribution in [0.1, 0.15) is 58.8 Å². The fraction of sp³-hybridized carbons (Fsp3) is 0.929. The number of hydrogen-bond acceptors (Lipinski definition) is 1. The Balaban J connectivity index is 2.08. The van der Waals surface area contributed by atoms with Crippen LogP contribution in [0.2, 0.25) is 0 Å². The van der Waals surface area contributed by atoms with Crippen LogP contribution < -0.4 is 5.32 Å². The van der Waals surface area contributed by atoms with Gasteiger partial charge >= 0.3 is 0 Å². The van der Waals surface area contributed by atoms with Crippen LogP contribution in [-0.2, 0) is 4.79 Å². The van der Waals surface area contributed by atoms with Gasteiger partial charge < -0.3 is 5.32 Å². The molecule has 0 spiro atoms. The van der Waals surface area contributed by atoms with E-state index in [4.69, 9.17) is 0 Å². The molecule has 1 aliphatic carbocycles. The Labute approximate surface area is 114 Å². The molecule has 0 bridgehead atoms. The van der Waals surface area contributed by atoms with Gasteiger partial charge in [-0.1, -0.05) is 61.9 Å². The van der Waals surface area contributed by atoms with Crippen molar-refractivity contribution >= 4 is 21.8 Å². The van der Waals surface area contributed by atoms with E-state index in [1.54, 1.807) is 0 Å². The highest BCUT2D eigenvalue weighted by molar-refractivity contribution is 9.09. The van der Waals surface area contributed by atoms with Crippen molar-refractivity contribution in [2.24, 2.45) is 11.8 Å². The van der Waals surface area contributed by atoms with Gasteiger partial charge in [0.1, 0.15) is 0 Å². The molecule has 0 aromatic carbocycles. The van der Waals surface area contributed by atoms with Crippen molar-refractivity contribution in [1.29, 1.82) is 0 Å². The average molecular weight is 304 g/mol. The highest BCUT2D eigenvalue weighted by atomic mass is 79.9. The van der Waals surface area contributed by atoms with Crippen molar-refractivity contribution in [2.75, 3.05) is 6.54 Å². The minimum Gasteiger partial charge on any atom is -0.355 e. The summed E-state index contributed by atoms with van der Waals surface area (Å²) in [6, 6.07) is 0. The van der Waals surface area contributed by atoms with Crippen molar-refractivity contribution in [2.45, 2.75) is 63.6 Å². The Hall–Kier alpha value is -0.0500. The van der Waals surface area contributed by atoms with Crippen LogP contribution in [0, 0.1) is 11.8 Å². The van der Waals surface area contributed by atoms with Crippen molar-refractivity contribution in [3.05, 3.63) is 0 Å². The van der Waals surface area contributed by atoms with Crippen LogP contribution in [0.25, 0.3) is 0 Å². The van der Waals surface area contributed by atoms with Crippen LogP contribution in [-0.4, -0.2) is 17.3 Å². The molecule has 0 aliphatic heterocycles. The van der Waals surface area contributed by atoms with Gasteiger partial charge in [-0.25, -0.2) is 0 Å². The Morgan fingerprint density at radius 1 is 1.29 bits per heavy atom. The molecule has 0 aromatic rings. The summed E-state index contributed by atoms with van der Waals surface area (Å²) in [7, 11) is 0. The van der Waals surface area contributed by atoms with E-state index in [9.17, 15) is 4.79 Å². The van der Waals surface area contributed by atoms with Crippen molar-refractivity contribution < 1.29 is 4.79 Å². The summed E-state index contributed by atoms with van der Waals surface area (Å²) in [6.07, 6.45) is 8.58. The van der Waals surface area contributed by atoms with Crippen LogP contribution in [0.15, 0.2) is 0 Å². The third-order valence-electron chi connectivity index (χ3n) is 3.72. The Kier molecular flexibility index (Phi) is 7.17. The Morgan fingerprint density at radius 2 is 1.94 bits per heavy atom. The van der Waals surface area contributed by atoms with Crippen LogP contribution in [0.3, 0.4) is 0 Å². The fourth-order valence-corrected chi connectivity index (χ4v) is 2.51. The highest BCUT2D eigenvalue weighted by Gasteiger charge is 2.15. The molecule has 1 unspecified atom stereocenters. The lowest BCUT2D eigenvalue weighted by Gasteiger charge is -2.21. The van der Waals surface area contributed by atoms with E-state index in [1.807, 2.05) is 0 Å². The SMILES string of the molecule is CC(C)C(Br)CNC(=O)CCC1CCCCC1. The molecule has 0 radical (unpaired) electrons. The molecule has 0 heterocycles. The third-order valence-corrected chi connectivity index (χ3v) is 5.10. The quantitative estimate of drug-likeness (QED) is 0.741. The molecule has 1 amide bonds. The first-order valence-corrected chi connectivity index (χ1v) is 7.92. The van der Waals surface area contributed by atoms with E-state index in [1.165, 1.54) is 32.1 Å². The van der Waals surface area contributed by atoms with Gasteiger partial charge in [0, 0.05) is 17.8 Å². The molecular weight excluding hydrogens is 278 g/mol. The molecule has 1 saturated carbocycles. The minimum absolute atomic E-state index is 0.223. The normalized spacial score (nSPS) is 19.3. The molecule has 1 rings (SSSR count). The monoisotopic (exact) mass is 303 g/mol. The van der Waals surface area contributed by atoms with Gasteiger partial charge in [-0.3, -0.25) is 4.79 Å². The van der Waals surface area contributed by atoms with Crippen molar-refractivity contribution in [3.8, 4) is 0 Å². The molecule has 1 N–H and O–H groups in total. The zero-order valence-electron chi connectivity index (χ0n) is 11.2. The summed E-state index contributed by atoms with van der Waals surface area (Å²) in [6.45, 7) is 5.07.